The average Bonchev–Trinajstić information content (AvgIpc) is 3.17. The van der Waals surface area contributed by atoms with Gasteiger partial charge < -0.3 is 24.8 Å². The standard InChI is InChI=1S/C21H30N2O4/c1-14-16-10-18-19(27-8-7-26-18)11-17(16)21(5-3-4-6-21)13-23(14)20(24)9-15(12-22)25-2/h10-11,14-15H,3-9,12-13,22H2,1-2H3. The number of hydrogen-bond acceptors (Lipinski definition) is 5. The van der Waals surface area contributed by atoms with Crippen molar-refractivity contribution < 1.29 is 19.0 Å². The van der Waals surface area contributed by atoms with Crippen molar-refractivity contribution in [2.75, 3.05) is 33.4 Å². The molecule has 6 heteroatoms. The molecule has 1 spiro atoms. The fourth-order valence-corrected chi connectivity index (χ4v) is 4.98. The van der Waals surface area contributed by atoms with Gasteiger partial charge in [0.2, 0.25) is 5.91 Å². The summed E-state index contributed by atoms with van der Waals surface area (Å²) in [5.41, 5.74) is 8.31. The maximum absolute atomic E-state index is 13.1. The number of amides is 1. The van der Waals surface area contributed by atoms with Crippen LogP contribution in [0.5, 0.6) is 11.5 Å². The summed E-state index contributed by atoms with van der Waals surface area (Å²) in [6.07, 6.45) is 4.72. The Morgan fingerprint density at radius 2 is 1.96 bits per heavy atom. The lowest BCUT2D eigenvalue weighted by Crippen LogP contribution is -2.49. The Labute approximate surface area is 160 Å². The number of nitrogens with zero attached hydrogens (tertiary/aromatic N) is 1. The highest BCUT2D eigenvalue weighted by molar-refractivity contribution is 5.78. The minimum atomic E-state index is -0.231. The van der Waals surface area contributed by atoms with E-state index in [1.165, 1.54) is 24.0 Å². The second kappa shape index (κ2) is 7.32. The summed E-state index contributed by atoms with van der Waals surface area (Å²) in [7, 11) is 1.61. The van der Waals surface area contributed by atoms with Gasteiger partial charge in [-0.15, -0.1) is 0 Å². The van der Waals surface area contributed by atoms with Crippen LogP contribution in [0.15, 0.2) is 12.1 Å². The number of nitrogens with two attached hydrogens (primary N) is 1. The highest BCUT2D eigenvalue weighted by Crippen LogP contribution is 2.52. The molecular formula is C21H30N2O4. The predicted octanol–water partition coefficient (Wildman–Crippen LogP) is 2.54. The molecule has 0 aromatic heterocycles. The lowest BCUT2D eigenvalue weighted by molar-refractivity contribution is -0.137. The van der Waals surface area contributed by atoms with Gasteiger partial charge in [-0.2, -0.15) is 0 Å². The van der Waals surface area contributed by atoms with Crippen molar-refractivity contribution in [2.45, 2.75) is 56.6 Å². The number of benzene rings is 1. The van der Waals surface area contributed by atoms with Crippen molar-refractivity contribution in [1.29, 1.82) is 0 Å². The van der Waals surface area contributed by atoms with Crippen LogP contribution in [0.3, 0.4) is 0 Å². The molecule has 1 amide bonds. The van der Waals surface area contributed by atoms with Gasteiger partial charge in [0.15, 0.2) is 11.5 Å². The Balaban J connectivity index is 1.71. The maximum Gasteiger partial charge on any atom is 0.225 e. The van der Waals surface area contributed by atoms with Gasteiger partial charge in [-0.05, 0) is 43.0 Å². The van der Waals surface area contributed by atoms with E-state index in [4.69, 9.17) is 19.9 Å². The highest BCUT2D eigenvalue weighted by atomic mass is 16.6. The summed E-state index contributed by atoms with van der Waals surface area (Å²) < 4.78 is 17.0. The third-order valence-electron chi connectivity index (χ3n) is 6.56. The van der Waals surface area contributed by atoms with Crippen molar-refractivity contribution in [3.8, 4) is 11.5 Å². The Morgan fingerprint density at radius 3 is 2.59 bits per heavy atom. The zero-order chi connectivity index (χ0) is 19.0. The molecule has 1 aromatic carbocycles. The molecule has 148 valence electrons. The number of fused-ring (bicyclic) bond motifs is 3. The third-order valence-corrected chi connectivity index (χ3v) is 6.56. The fourth-order valence-electron chi connectivity index (χ4n) is 4.98. The zero-order valence-electron chi connectivity index (χ0n) is 16.3. The lowest BCUT2D eigenvalue weighted by Gasteiger charge is -2.46. The van der Waals surface area contributed by atoms with Crippen molar-refractivity contribution in [3.05, 3.63) is 23.3 Å². The molecule has 2 unspecified atom stereocenters. The SMILES string of the molecule is COC(CN)CC(=O)N1CC2(CCCC2)c2cc3c(cc2C1C)OCCO3. The van der Waals surface area contributed by atoms with Crippen LogP contribution in [0.2, 0.25) is 0 Å². The van der Waals surface area contributed by atoms with Crippen LogP contribution >= 0.6 is 0 Å². The number of hydrogen-bond donors (Lipinski definition) is 1. The third kappa shape index (κ3) is 3.19. The van der Waals surface area contributed by atoms with Crippen molar-refractivity contribution in [2.24, 2.45) is 5.73 Å². The number of carbonyl (C=O) groups is 1. The van der Waals surface area contributed by atoms with Crippen molar-refractivity contribution in [1.82, 2.24) is 4.90 Å². The molecule has 1 aliphatic carbocycles. The van der Waals surface area contributed by atoms with E-state index >= 15 is 0 Å². The topological polar surface area (TPSA) is 74.0 Å². The van der Waals surface area contributed by atoms with Gasteiger partial charge in [-0.25, -0.2) is 0 Å². The average molecular weight is 374 g/mol. The Bertz CT molecular complexity index is 710. The van der Waals surface area contributed by atoms with Crippen LogP contribution in [-0.4, -0.2) is 50.3 Å². The number of carbonyl (C=O) groups excluding carboxylic acids is 1. The Morgan fingerprint density at radius 1 is 1.30 bits per heavy atom. The first-order valence-electron chi connectivity index (χ1n) is 10.0. The normalized spacial score (nSPS) is 24.0. The fraction of sp³-hybridized carbons (Fsp3) is 0.667. The van der Waals surface area contributed by atoms with E-state index in [1.54, 1.807) is 7.11 Å². The Kier molecular flexibility index (Phi) is 5.03. The van der Waals surface area contributed by atoms with Crippen molar-refractivity contribution in [3.63, 3.8) is 0 Å². The largest absolute Gasteiger partial charge is 0.486 e. The minimum absolute atomic E-state index is 0.00447. The van der Waals surface area contributed by atoms with E-state index < -0.39 is 0 Å². The van der Waals surface area contributed by atoms with Gasteiger partial charge in [0, 0.05) is 25.6 Å². The molecule has 1 saturated carbocycles. The summed E-state index contributed by atoms with van der Waals surface area (Å²) >= 11 is 0. The molecule has 2 aliphatic heterocycles. The molecule has 2 N–H and O–H groups in total. The van der Waals surface area contributed by atoms with Crippen LogP contribution < -0.4 is 15.2 Å². The van der Waals surface area contributed by atoms with Gasteiger partial charge in [0.1, 0.15) is 13.2 Å². The van der Waals surface area contributed by atoms with Gasteiger partial charge >= 0.3 is 0 Å². The second-order valence-electron chi connectivity index (χ2n) is 8.07. The maximum atomic E-state index is 13.1. The van der Waals surface area contributed by atoms with E-state index in [0.717, 1.165) is 30.9 Å². The summed E-state index contributed by atoms with van der Waals surface area (Å²) in [4.78, 5) is 15.1. The molecule has 27 heavy (non-hydrogen) atoms. The Hall–Kier alpha value is -1.79. The number of rotatable bonds is 4. The molecule has 0 saturated heterocycles. The summed E-state index contributed by atoms with van der Waals surface area (Å²) in [5.74, 6) is 1.76. The molecule has 6 nitrogen and oxygen atoms in total. The monoisotopic (exact) mass is 374 g/mol. The molecule has 2 atom stereocenters. The van der Waals surface area contributed by atoms with E-state index in [9.17, 15) is 4.79 Å². The summed E-state index contributed by atoms with van der Waals surface area (Å²) in [5, 5.41) is 0. The van der Waals surface area contributed by atoms with Crippen LogP contribution in [-0.2, 0) is 14.9 Å². The van der Waals surface area contributed by atoms with Crippen molar-refractivity contribution >= 4 is 5.91 Å². The van der Waals surface area contributed by atoms with Gasteiger partial charge in [0.25, 0.3) is 0 Å². The van der Waals surface area contributed by atoms with E-state index in [1.807, 2.05) is 4.90 Å². The molecule has 4 rings (SSSR count). The molecule has 0 bridgehead atoms. The summed E-state index contributed by atoms with van der Waals surface area (Å²) in [6.45, 7) is 4.39. The van der Waals surface area contributed by atoms with Crippen LogP contribution in [0, 0.1) is 0 Å². The van der Waals surface area contributed by atoms with Crippen LogP contribution in [0.1, 0.15) is 56.2 Å². The predicted molar refractivity (Wildman–Crippen MR) is 102 cm³/mol. The van der Waals surface area contributed by atoms with Gasteiger partial charge in [-0.3, -0.25) is 4.79 Å². The first kappa shape index (κ1) is 18.6. The van der Waals surface area contributed by atoms with Crippen LogP contribution in [0.25, 0.3) is 0 Å². The molecule has 3 aliphatic rings. The van der Waals surface area contributed by atoms with Gasteiger partial charge in [-0.1, -0.05) is 12.8 Å². The molecule has 2 heterocycles. The first-order chi connectivity index (χ1) is 13.1. The molecular weight excluding hydrogens is 344 g/mol. The minimum Gasteiger partial charge on any atom is -0.486 e. The summed E-state index contributed by atoms with van der Waals surface area (Å²) in [6, 6.07) is 4.29. The lowest BCUT2D eigenvalue weighted by atomic mass is 9.71. The molecule has 1 aromatic rings. The van der Waals surface area contributed by atoms with E-state index in [2.05, 4.69) is 19.1 Å². The zero-order valence-corrected chi connectivity index (χ0v) is 16.3. The number of ether oxygens (including phenoxy) is 3. The highest BCUT2D eigenvalue weighted by Gasteiger charge is 2.46. The quantitative estimate of drug-likeness (QED) is 0.877. The number of methoxy groups -OCH3 is 1. The first-order valence-corrected chi connectivity index (χ1v) is 10.0. The van der Waals surface area contributed by atoms with E-state index in [-0.39, 0.29) is 23.5 Å². The van der Waals surface area contributed by atoms with Crippen LogP contribution in [0.4, 0.5) is 0 Å². The molecule has 0 radical (unpaired) electrons. The molecule has 1 fully saturated rings. The smallest absolute Gasteiger partial charge is 0.225 e. The second-order valence-corrected chi connectivity index (χ2v) is 8.07. The van der Waals surface area contributed by atoms with E-state index in [0.29, 0.717) is 26.2 Å². The van der Waals surface area contributed by atoms with Gasteiger partial charge in [0.05, 0.1) is 18.6 Å².